The van der Waals surface area contributed by atoms with E-state index in [0.717, 1.165) is 11.4 Å². The molecule has 5 rings (SSSR count). The van der Waals surface area contributed by atoms with E-state index in [2.05, 4.69) is 5.32 Å². The van der Waals surface area contributed by atoms with Crippen LogP contribution in [0.25, 0.3) is 0 Å². The molecule has 30 heavy (non-hydrogen) atoms. The maximum Gasteiger partial charge on any atom is 0.234 e. The van der Waals surface area contributed by atoms with Gasteiger partial charge < -0.3 is 24.4 Å². The van der Waals surface area contributed by atoms with Crippen LogP contribution in [0.5, 0.6) is 11.5 Å². The Morgan fingerprint density at radius 3 is 2.33 bits per heavy atom. The molecule has 0 aliphatic carbocycles. The highest BCUT2D eigenvalue weighted by Gasteiger charge is 2.67. The Kier molecular flexibility index (Phi) is 4.29. The first kappa shape index (κ1) is 18.7. The molecule has 154 valence electrons. The van der Waals surface area contributed by atoms with E-state index in [1.54, 1.807) is 43.4 Å². The molecule has 3 heterocycles. The molecule has 0 aromatic heterocycles. The lowest BCUT2D eigenvalue weighted by atomic mass is 9.77. The maximum atomic E-state index is 13.4. The van der Waals surface area contributed by atoms with Crippen molar-refractivity contribution in [3.8, 4) is 11.5 Å². The fraction of sp³-hybridized carbons (Fsp3) is 0.304. The van der Waals surface area contributed by atoms with Gasteiger partial charge in [0.2, 0.25) is 11.8 Å². The van der Waals surface area contributed by atoms with Crippen LogP contribution in [-0.4, -0.2) is 44.3 Å². The van der Waals surface area contributed by atoms with E-state index in [1.165, 1.54) is 0 Å². The number of carbonyl (C=O) groups is 2. The fourth-order valence-corrected chi connectivity index (χ4v) is 4.68. The van der Waals surface area contributed by atoms with Gasteiger partial charge in [-0.3, -0.25) is 9.59 Å². The second-order valence-electron chi connectivity index (χ2n) is 7.74. The number of nitrogens with one attached hydrogen (secondary N) is 1. The number of fused-ring (bicyclic) bond motifs is 1. The molecular weight excluding hydrogens is 384 g/mol. The highest BCUT2D eigenvalue weighted by atomic mass is 16.5. The van der Waals surface area contributed by atoms with E-state index >= 15 is 0 Å². The van der Waals surface area contributed by atoms with Crippen molar-refractivity contribution in [3.63, 3.8) is 0 Å². The summed E-state index contributed by atoms with van der Waals surface area (Å²) in [5.74, 6) is -0.00857. The molecule has 4 atom stereocenters. The number of hydrogen-bond donors (Lipinski definition) is 1. The Morgan fingerprint density at radius 2 is 1.70 bits per heavy atom. The molecule has 2 saturated heterocycles. The van der Waals surface area contributed by atoms with E-state index in [0.29, 0.717) is 18.0 Å². The van der Waals surface area contributed by atoms with Crippen LogP contribution in [0.2, 0.25) is 0 Å². The molecule has 2 amide bonds. The Balaban J connectivity index is 1.39. The Morgan fingerprint density at radius 1 is 1.07 bits per heavy atom. The van der Waals surface area contributed by atoms with Crippen LogP contribution in [-0.2, 0) is 14.3 Å². The summed E-state index contributed by atoms with van der Waals surface area (Å²) < 4.78 is 16.5. The highest BCUT2D eigenvalue weighted by Crippen LogP contribution is 2.52. The van der Waals surface area contributed by atoms with Gasteiger partial charge in [-0.2, -0.15) is 0 Å². The Bertz CT molecular complexity index is 1020. The molecule has 7 heteroatoms. The minimum Gasteiger partial charge on any atom is -0.497 e. The summed E-state index contributed by atoms with van der Waals surface area (Å²) in [7, 11) is 3.19. The molecule has 1 unspecified atom stereocenters. The number of carbonyl (C=O) groups excluding carboxylic acids is 2. The van der Waals surface area contributed by atoms with Crippen molar-refractivity contribution in [1.29, 1.82) is 0 Å². The van der Waals surface area contributed by atoms with Crippen molar-refractivity contribution in [2.24, 2.45) is 11.8 Å². The van der Waals surface area contributed by atoms with E-state index in [9.17, 15) is 9.59 Å². The number of nitrogens with zero attached hydrogens (tertiary/aromatic N) is 1. The van der Waals surface area contributed by atoms with Gasteiger partial charge in [-0.15, -0.1) is 0 Å². The number of benzene rings is 2. The lowest BCUT2D eigenvalue weighted by Gasteiger charge is -2.23. The molecule has 2 aromatic rings. The van der Waals surface area contributed by atoms with Crippen LogP contribution in [0.15, 0.2) is 60.7 Å². The Hall–Kier alpha value is -3.32. The monoisotopic (exact) mass is 406 g/mol. The lowest BCUT2D eigenvalue weighted by molar-refractivity contribution is -0.128. The summed E-state index contributed by atoms with van der Waals surface area (Å²) in [6.07, 6.45) is 3.45. The summed E-state index contributed by atoms with van der Waals surface area (Å²) in [5.41, 5.74) is 0.655. The first-order chi connectivity index (χ1) is 14.5. The summed E-state index contributed by atoms with van der Waals surface area (Å²) >= 11 is 0. The largest absolute Gasteiger partial charge is 0.497 e. The van der Waals surface area contributed by atoms with Gasteiger partial charge in [0, 0.05) is 11.4 Å². The van der Waals surface area contributed by atoms with Crippen LogP contribution < -0.4 is 19.7 Å². The van der Waals surface area contributed by atoms with Crippen molar-refractivity contribution in [2.45, 2.75) is 11.7 Å². The SMILES string of the molecule is COc1ccc(NC(=O)C2[C@H]3C(=O)N(c4ccc(OC)cc4)C[C@@]34C=C[C@H]2O4)cc1. The molecule has 7 nitrogen and oxygen atoms in total. The zero-order valence-corrected chi connectivity index (χ0v) is 16.7. The van der Waals surface area contributed by atoms with Gasteiger partial charge in [-0.1, -0.05) is 12.2 Å². The molecule has 0 radical (unpaired) electrons. The first-order valence-corrected chi connectivity index (χ1v) is 9.82. The van der Waals surface area contributed by atoms with Crippen LogP contribution >= 0.6 is 0 Å². The van der Waals surface area contributed by atoms with Gasteiger partial charge in [-0.25, -0.2) is 0 Å². The normalized spacial score (nSPS) is 28.5. The van der Waals surface area contributed by atoms with Crippen LogP contribution in [0, 0.1) is 11.8 Å². The van der Waals surface area contributed by atoms with Gasteiger partial charge in [0.1, 0.15) is 17.1 Å². The second kappa shape index (κ2) is 6.88. The van der Waals surface area contributed by atoms with Crippen molar-refractivity contribution < 1.29 is 23.8 Å². The number of methoxy groups -OCH3 is 2. The summed E-state index contributed by atoms with van der Waals surface area (Å²) in [4.78, 5) is 28.2. The average Bonchev–Trinajstić information content (AvgIpc) is 3.42. The van der Waals surface area contributed by atoms with Gasteiger partial charge in [0.25, 0.3) is 0 Å². The van der Waals surface area contributed by atoms with E-state index in [-0.39, 0.29) is 11.8 Å². The topological polar surface area (TPSA) is 77.1 Å². The molecule has 1 spiro atoms. The molecule has 2 fully saturated rings. The second-order valence-corrected chi connectivity index (χ2v) is 7.74. The van der Waals surface area contributed by atoms with E-state index in [4.69, 9.17) is 14.2 Å². The molecule has 3 aliphatic rings. The van der Waals surface area contributed by atoms with Gasteiger partial charge in [-0.05, 0) is 48.5 Å². The highest BCUT2D eigenvalue weighted by molar-refractivity contribution is 6.05. The quantitative estimate of drug-likeness (QED) is 0.773. The Labute approximate surface area is 174 Å². The van der Waals surface area contributed by atoms with Crippen LogP contribution in [0.4, 0.5) is 11.4 Å². The predicted octanol–water partition coefficient (Wildman–Crippen LogP) is 2.63. The fourth-order valence-electron chi connectivity index (χ4n) is 4.68. The van der Waals surface area contributed by atoms with Crippen molar-refractivity contribution >= 4 is 23.2 Å². The summed E-state index contributed by atoms with van der Waals surface area (Å²) in [6.45, 7) is 0.391. The molecule has 0 saturated carbocycles. The number of rotatable bonds is 5. The lowest BCUT2D eigenvalue weighted by Crippen LogP contribution is -2.41. The first-order valence-electron chi connectivity index (χ1n) is 9.82. The number of ether oxygens (including phenoxy) is 3. The molecule has 2 bridgehead atoms. The summed E-state index contributed by atoms with van der Waals surface area (Å²) in [6, 6.07) is 14.4. The smallest absolute Gasteiger partial charge is 0.234 e. The van der Waals surface area contributed by atoms with Crippen molar-refractivity contribution in [3.05, 3.63) is 60.7 Å². The minimum atomic E-state index is -0.760. The molecule has 2 aromatic carbocycles. The van der Waals surface area contributed by atoms with Crippen molar-refractivity contribution in [2.75, 3.05) is 31.0 Å². The number of anilines is 2. The number of hydrogen-bond acceptors (Lipinski definition) is 5. The van der Waals surface area contributed by atoms with E-state index in [1.807, 2.05) is 36.4 Å². The van der Waals surface area contributed by atoms with Crippen LogP contribution in [0.3, 0.4) is 0 Å². The van der Waals surface area contributed by atoms with Crippen LogP contribution in [0.1, 0.15) is 0 Å². The van der Waals surface area contributed by atoms with Gasteiger partial charge in [0.05, 0.1) is 38.7 Å². The zero-order valence-electron chi connectivity index (χ0n) is 16.7. The molecule has 3 aliphatic heterocycles. The average molecular weight is 406 g/mol. The molecular formula is C23H22N2O5. The standard InChI is InChI=1S/C23H22N2O5/c1-28-16-7-3-14(4-8-16)24-21(26)19-18-11-12-23(30-18)13-25(22(27)20(19)23)15-5-9-17(29-2)10-6-15/h3-12,18-20H,13H2,1-2H3,(H,24,26)/t18-,19?,20+,23+/m1/s1. The van der Waals surface area contributed by atoms with Crippen molar-refractivity contribution in [1.82, 2.24) is 0 Å². The number of amides is 2. The zero-order chi connectivity index (χ0) is 20.9. The van der Waals surface area contributed by atoms with Gasteiger partial charge in [0.15, 0.2) is 0 Å². The van der Waals surface area contributed by atoms with Gasteiger partial charge >= 0.3 is 0 Å². The molecule has 1 N–H and O–H groups in total. The minimum absolute atomic E-state index is 0.0955. The third kappa shape index (κ3) is 2.77. The maximum absolute atomic E-state index is 13.4. The summed E-state index contributed by atoms with van der Waals surface area (Å²) in [5, 5.41) is 2.92. The van der Waals surface area contributed by atoms with E-state index < -0.39 is 23.5 Å². The third-order valence-corrected chi connectivity index (χ3v) is 6.14. The predicted molar refractivity (Wildman–Crippen MR) is 111 cm³/mol. The third-order valence-electron chi connectivity index (χ3n) is 6.14.